The molecule has 0 saturated heterocycles. The number of hydrogen-bond donors (Lipinski definition) is 2. The van der Waals surface area contributed by atoms with Gasteiger partial charge in [0.2, 0.25) is 5.91 Å². The van der Waals surface area contributed by atoms with E-state index < -0.39 is 0 Å². The average molecular weight is 446 g/mol. The molecule has 0 fully saturated rings. The molecule has 0 aliphatic heterocycles. The lowest BCUT2D eigenvalue weighted by Crippen LogP contribution is -2.28. The monoisotopic (exact) mass is 445 g/mol. The molecular weight excluding hydrogens is 426 g/mol. The Labute approximate surface area is 183 Å². The summed E-state index contributed by atoms with van der Waals surface area (Å²) in [6.45, 7) is 0.662. The van der Waals surface area contributed by atoms with Crippen LogP contribution in [0.1, 0.15) is 10.4 Å². The summed E-state index contributed by atoms with van der Waals surface area (Å²) in [5.41, 5.74) is 0.990. The predicted molar refractivity (Wildman–Crippen MR) is 116 cm³/mol. The van der Waals surface area contributed by atoms with E-state index in [2.05, 4.69) is 20.8 Å². The molecule has 0 saturated carbocycles. The number of nitrogens with one attached hydrogen (secondary N) is 2. The first-order chi connectivity index (χ1) is 14.5. The zero-order valence-electron chi connectivity index (χ0n) is 16.2. The van der Waals surface area contributed by atoms with Crippen molar-refractivity contribution >= 4 is 40.9 Å². The number of anilines is 1. The Balaban J connectivity index is 1.44. The zero-order chi connectivity index (χ0) is 21.3. The predicted octanol–water partition coefficient (Wildman–Crippen LogP) is 3.01. The van der Waals surface area contributed by atoms with Crippen LogP contribution in [0.2, 0.25) is 5.02 Å². The van der Waals surface area contributed by atoms with E-state index >= 15 is 0 Å². The van der Waals surface area contributed by atoms with Crippen molar-refractivity contribution in [3.05, 3.63) is 65.4 Å². The number of aromatic nitrogens is 3. The Morgan fingerprint density at radius 2 is 2.00 bits per heavy atom. The molecule has 0 bridgehead atoms. The first kappa shape index (κ1) is 21.7. The lowest BCUT2D eigenvalue weighted by Gasteiger charge is -2.09. The average Bonchev–Trinajstić information content (AvgIpc) is 3.16. The first-order valence-corrected chi connectivity index (χ1v) is 10.4. The molecule has 0 aliphatic rings. The summed E-state index contributed by atoms with van der Waals surface area (Å²) in [7, 11) is 1.81. The molecule has 3 aromatic rings. The van der Waals surface area contributed by atoms with Gasteiger partial charge in [0.05, 0.1) is 12.3 Å². The van der Waals surface area contributed by atoms with Gasteiger partial charge in [0.15, 0.2) is 5.16 Å². The van der Waals surface area contributed by atoms with Crippen LogP contribution in [-0.2, 0) is 11.8 Å². The van der Waals surface area contributed by atoms with Gasteiger partial charge in [-0.05, 0) is 42.5 Å². The fourth-order valence-corrected chi connectivity index (χ4v) is 3.25. The minimum atomic E-state index is -0.251. The zero-order valence-corrected chi connectivity index (χ0v) is 17.7. The molecule has 10 heteroatoms. The number of nitrogens with zero attached hydrogens (tertiary/aromatic N) is 3. The SMILES string of the molecule is Cn1cnnc1SCC(=O)Nc1cccc(C(=O)NCCOc2ccc(Cl)cc2)c1. The minimum absolute atomic E-state index is 0.186. The lowest BCUT2D eigenvalue weighted by atomic mass is 10.2. The molecule has 156 valence electrons. The standard InChI is InChI=1S/C20H20ClN5O3S/c1-26-13-23-25-20(26)30-12-18(27)24-16-4-2-3-14(11-16)19(28)22-9-10-29-17-7-5-15(21)6-8-17/h2-8,11,13H,9-10,12H2,1H3,(H,22,28)(H,24,27). The molecule has 8 nitrogen and oxygen atoms in total. The molecular formula is C20H20ClN5O3S. The molecule has 0 unspecified atom stereocenters. The highest BCUT2D eigenvalue weighted by atomic mass is 35.5. The molecule has 2 aromatic carbocycles. The Hall–Kier alpha value is -3.04. The molecule has 0 spiro atoms. The molecule has 30 heavy (non-hydrogen) atoms. The number of hydrogen-bond acceptors (Lipinski definition) is 6. The van der Waals surface area contributed by atoms with Crippen molar-refractivity contribution in [2.24, 2.45) is 7.05 Å². The third kappa shape index (κ3) is 6.50. The summed E-state index contributed by atoms with van der Waals surface area (Å²) >= 11 is 7.11. The van der Waals surface area contributed by atoms with Crippen LogP contribution in [0.3, 0.4) is 0 Å². The van der Waals surface area contributed by atoms with Crippen molar-refractivity contribution in [2.75, 3.05) is 24.2 Å². The maximum Gasteiger partial charge on any atom is 0.251 e. The number of amides is 2. The number of aryl methyl sites for hydroxylation is 1. The Morgan fingerprint density at radius 1 is 1.20 bits per heavy atom. The third-order valence-corrected chi connectivity index (χ3v) is 5.17. The smallest absolute Gasteiger partial charge is 0.251 e. The third-order valence-electron chi connectivity index (χ3n) is 3.88. The topological polar surface area (TPSA) is 98.1 Å². The highest BCUT2D eigenvalue weighted by Crippen LogP contribution is 2.16. The van der Waals surface area contributed by atoms with Gasteiger partial charge in [-0.15, -0.1) is 10.2 Å². The highest BCUT2D eigenvalue weighted by Gasteiger charge is 2.10. The normalized spacial score (nSPS) is 10.5. The second-order valence-electron chi connectivity index (χ2n) is 6.20. The second kappa shape index (κ2) is 10.7. The van der Waals surface area contributed by atoms with Gasteiger partial charge in [-0.25, -0.2) is 0 Å². The van der Waals surface area contributed by atoms with Gasteiger partial charge in [0.25, 0.3) is 5.91 Å². The van der Waals surface area contributed by atoms with Crippen molar-refractivity contribution in [1.82, 2.24) is 20.1 Å². The van der Waals surface area contributed by atoms with Crippen LogP contribution in [-0.4, -0.2) is 45.5 Å². The molecule has 1 heterocycles. The fourth-order valence-electron chi connectivity index (χ4n) is 2.43. The summed E-state index contributed by atoms with van der Waals surface area (Å²) < 4.78 is 7.28. The van der Waals surface area contributed by atoms with E-state index in [1.54, 1.807) is 59.4 Å². The van der Waals surface area contributed by atoms with E-state index in [0.717, 1.165) is 0 Å². The Bertz CT molecular complexity index is 1010. The van der Waals surface area contributed by atoms with Gasteiger partial charge in [-0.3, -0.25) is 9.59 Å². The highest BCUT2D eigenvalue weighted by molar-refractivity contribution is 7.99. The lowest BCUT2D eigenvalue weighted by molar-refractivity contribution is -0.113. The molecule has 0 radical (unpaired) electrons. The van der Waals surface area contributed by atoms with Crippen molar-refractivity contribution < 1.29 is 14.3 Å². The van der Waals surface area contributed by atoms with Gasteiger partial charge in [-0.1, -0.05) is 29.4 Å². The van der Waals surface area contributed by atoms with E-state index in [1.165, 1.54) is 11.8 Å². The number of thioether (sulfide) groups is 1. The number of benzene rings is 2. The first-order valence-electron chi connectivity index (χ1n) is 9.04. The van der Waals surface area contributed by atoms with Gasteiger partial charge in [0, 0.05) is 23.3 Å². The van der Waals surface area contributed by atoms with Crippen molar-refractivity contribution in [1.29, 1.82) is 0 Å². The van der Waals surface area contributed by atoms with Crippen LogP contribution in [0.5, 0.6) is 5.75 Å². The van der Waals surface area contributed by atoms with E-state index in [0.29, 0.717) is 40.3 Å². The summed E-state index contributed by atoms with van der Waals surface area (Å²) in [5.74, 6) is 0.416. The minimum Gasteiger partial charge on any atom is -0.492 e. The summed E-state index contributed by atoms with van der Waals surface area (Å²) in [5, 5.41) is 14.5. The van der Waals surface area contributed by atoms with Crippen LogP contribution in [0, 0.1) is 0 Å². The van der Waals surface area contributed by atoms with E-state index in [4.69, 9.17) is 16.3 Å². The maximum absolute atomic E-state index is 12.3. The molecule has 3 rings (SSSR count). The number of carbonyl (C=O) groups is 2. The van der Waals surface area contributed by atoms with Crippen molar-refractivity contribution in [3.8, 4) is 5.75 Å². The van der Waals surface area contributed by atoms with Gasteiger partial charge < -0.3 is 19.9 Å². The van der Waals surface area contributed by atoms with Gasteiger partial charge in [0.1, 0.15) is 18.7 Å². The van der Waals surface area contributed by atoms with E-state index in [-0.39, 0.29) is 17.6 Å². The summed E-state index contributed by atoms with van der Waals surface area (Å²) in [4.78, 5) is 24.5. The van der Waals surface area contributed by atoms with Crippen molar-refractivity contribution in [3.63, 3.8) is 0 Å². The Kier molecular flexibility index (Phi) is 7.69. The van der Waals surface area contributed by atoms with Gasteiger partial charge >= 0.3 is 0 Å². The second-order valence-corrected chi connectivity index (χ2v) is 7.58. The maximum atomic E-state index is 12.3. The van der Waals surface area contributed by atoms with Gasteiger partial charge in [-0.2, -0.15) is 0 Å². The molecule has 0 atom stereocenters. The van der Waals surface area contributed by atoms with E-state index in [9.17, 15) is 9.59 Å². The van der Waals surface area contributed by atoms with E-state index in [1.807, 2.05) is 7.05 Å². The van der Waals surface area contributed by atoms with Crippen LogP contribution >= 0.6 is 23.4 Å². The summed E-state index contributed by atoms with van der Waals surface area (Å²) in [6, 6.07) is 13.7. The quantitative estimate of drug-likeness (QED) is 0.388. The van der Waals surface area contributed by atoms with Crippen LogP contribution < -0.4 is 15.4 Å². The molecule has 1 aromatic heterocycles. The number of rotatable bonds is 9. The van der Waals surface area contributed by atoms with Crippen LogP contribution in [0.15, 0.2) is 60.0 Å². The number of halogens is 1. The molecule has 0 aliphatic carbocycles. The number of ether oxygens (including phenoxy) is 1. The fraction of sp³-hybridized carbons (Fsp3) is 0.200. The largest absolute Gasteiger partial charge is 0.492 e. The number of carbonyl (C=O) groups excluding carboxylic acids is 2. The van der Waals surface area contributed by atoms with Crippen molar-refractivity contribution in [2.45, 2.75) is 5.16 Å². The van der Waals surface area contributed by atoms with Crippen LogP contribution in [0.25, 0.3) is 0 Å². The molecule has 2 amide bonds. The Morgan fingerprint density at radius 3 is 2.73 bits per heavy atom. The summed E-state index contributed by atoms with van der Waals surface area (Å²) in [6.07, 6.45) is 1.57. The molecule has 2 N–H and O–H groups in total. The van der Waals surface area contributed by atoms with Crippen LogP contribution in [0.4, 0.5) is 5.69 Å².